The van der Waals surface area contributed by atoms with Crippen molar-refractivity contribution >= 4 is 23.4 Å². The zero-order valence-corrected chi connectivity index (χ0v) is 17.2. The normalized spacial score (nSPS) is 14.8. The molecule has 152 valence electrons. The van der Waals surface area contributed by atoms with Crippen molar-refractivity contribution in [1.29, 1.82) is 5.26 Å². The predicted octanol–water partition coefficient (Wildman–Crippen LogP) is 5.33. The van der Waals surface area contributed by atoms with Crippen LogP contribution in [-0.4, -0.2) is 17.7 Å². The summed E-state index contributed by atoms with van der Waals surface area (Å²) in [5.41, 5.74) is 4.47. The average molecular weight is 409 g/mol. The Labute approximate surface area is 180 Å². The van der Waals surface area contributed by atoms with Gasteiger partial charge in [-0.1, -0.05) is 30.3 Å². The Kier molecular flexibility index (Phi) is 5.46. The summed E-state index contributed by atoms with van der Waals surface area (Å²) in [5, 5.41) is 9.03. The van der Waals surface area contributed by atoms with E-state index in [2.05, 4.69) is 6.07 Å². The molecule has 3 aromatic carbocycles. The van der Waals surface area contributed by atoms with Gasteiger partial charge in [0, 0.05) is 17.2 Å². The molecule has 31 heavy (non-hydrogen) atoms. The lowest BCUT2D eigenvalue weighted by Gasteiger charge is -2.27. The number of para-hydroxylation sites is 1. The Morgan fingerprint density at radius 2 is 1.68 bits per heavy atom. The second kappa shape index (κ2) is 8.37. The lowest BCUT2D eigenvalue weighted by molar-refractivity contribution is -0.115. The van der Waals surface area contributed by atoms with Crippen molar-refractivity contribution in [3.63, 3.8) is 0 Å². The molecule has 1 heterocycles. The highest BCUT2D eigenvalue weighted by Crippen LogP contribution is 2.31. The molecule has 0 N–H and O–H groups in total. The molecule has 1 aliphatic rings. The van der Waals surface area contributed by atoms with Crippen molar-refractivity contribution in [1.82, 2.24) is 0 Å². The number of amides is 1. The second-order valence-corrected chi connectivity index (χ2v) is 7.52. The minimum absolute atomic E-state index is 0.0965. The topological polar surface area (TPSA) is 56.5 Å². The molecule has 1 amide bonds. The molecule has 3 aromatic rings. The van der Waals surface area contributed by atoms with Crippen LogP contribution in [0.15, 0.2) is 83.5 Å². The molecular weight excluding hydrogens is 389 g/mol. The van der Waals surface area contributed by atoms with Gasteiger partial charge in [-0.25, -0.2) is 9.38 Å². The van der Waals surface area contributed by atoms with Gasteiger partial charge in [0.15, 0.2) is 0 Å². The molecule has 5 heteroatoms. The van der Waals surface area contributed by atoms with Crippen molar-refractivity contribution < 1.29 is 9.18 Å². The largest absolute Gasteiger partial charge is 0.304 e. The van der Waals surface area contributed by atoms with Crippen LogP contribution in [0.25, 0.3) is 6.08 Å². The summed E-state index contributed by atoms with van der Waals surface area (Å²) in [4.78, 5) is 20.0. The number of benzodiazepines with no additional fused rings is 1. The highest BCUT2D eigenvalue weighted by molar-refractivity contribution is 6.23. The summed E-state index contributed by atoms with van der Waals surface area (Å²) in [6.07, 6.45) is 1.72. The third kappa shape index (κ3) is 4.01. The summed E-state index contributed by atoms with van der Waals surface area (Å²) in [7, 11) is 0. The number of rotatable bonds is 3. The van der Waals surface area contributed by atoms with Gasteiger partial charge in [0.25, 0.3) is 5.91 Å². The number of nitriles is 1. The highest BCUT2D eigenvalue weighted by Gasteiger charge is 2.30. The van der Waals surface area contributed by atoms with E-state index in [-0.39, 0.29) is 23.5 Å². The number of benzene rings is 3. The lowest BCUT2D eigenvalue weighted by atomic mass is 10.00. The van der Waals surface area contributed by atoms with E-state index < -0.39 is 0 Å². The van der Waals surface area contributed by atoms with E-state index >= 15 is 0 Å². The van der Waals surface area contributed by atoms with Gasteiger partial charge < -0.3 is 4.90 Å². The number of halogens is 1. The highest BCUT2D eigenvalue weighted by atomic mass is 19.1. The van der Waals surface area contributed by atoms with Crippen LogP contribution in [0, 0.1) is 17.1 Å². The first-order valence-corrected chi connectivity index (χ1v) is 9.97. The third-order valence-electron chi connectivity index (χ3n) is 5.07. The van der Waals surface area contributed by atoms with Crippen LogP contribution >= 0.6 is 0 Å². The maximum Gasteiger partial charge on any atom is 0.277 e. The standard InChI is InChI=1S/C26H20FN3O/c1-17(2)30-24-6-4-3-5-22(24)25(20-11-13-21(27)14-12-20)29-23(26(30)31)15-18-7-9-19(16-28)10-8-18/h3-15,17H,1-2H3/b23-15-. The van der Waals surface area contributed by atoms with E-state index in [1.807, 2.05) is 38.1 Å². The lowest BCUT2D eigenvalue weighted by Crippen LogP contribution is -2.37. The van der Waals surface area contributed by atoms with Crippen molar-refractivity contribution in [2.45, 2.75) is 19.9 Å². The van der Waals surface area contributed by atoms with Gasteiger partial charge in [-0.2, -0.15) is 5.26 Å². The van der Waals surface area contributed by atoms with E-state index in [1.54, 1.807) is 47.4 Å². The summed E-state index contributed by atoms with van der Waals surface area (Å²) >= 11 is 0. The fraction of sp³-hybridized carbons (Fsp3) is 0.115. The number of nitrogens with zero attached hydrogens (tertiary/aromatic N) is 3. The first-order chi connectivity index (χ1) is 15.0. The van der Waals surface area contributed by atoms with E-state index in [9.17, 15) is 9.18 Å². The molecule has 0 bridgehead atoms. The van der Waals surface area contributed by atoms with Gasteiger partial charge >= 0.3 is 0 Å². The molecule has 0 atom stereocenters. The quantitative estimate of drug-likeness (QED) is 0.549. The maximum absolute atomic E-state index is 13.5. The van der Waals surface area contributed by atoms with E-state index in [1.165, 1.54) is 12.1 Å². The van der Waals surface area contributed by atoms with Crippen LogP contribution in [0.2, 0.25) is 0 Å². The van der Waals surface area contributed by atoms with Crippen LogP contribution in [0.1, 0.15) is 36.1 Å². The Hall–Kier alpha value is -4.04. The minimum Gasteiger partial charge on any atom is -0.304 e. The number of hydrogen-bond acceptors (Lipinski definition) is 3. The number of aliphatic imine (C=N–C) groups is 1. The first-order valence-electron chi connectivity index (χ1n) is 9.97. The van der Waals surface area contributed by atoms with E-state index in [0.29, 0.717) is 11.3 Å². The number of carbonyl (C=O) groups excluding carboxylic acids is 1. The summed E-state index contributed by atoms with van der Waals surface area (Å²) in [6.45, 7) is 3.91. The molecule has 0 fully saturated rings. The van der Waals surface area contributed by atoms with Crippen molar-refractivity contribution in [2.24, 2.45) is 4.99 Å². The summed E-state index contributed by atoms with van der Waals surface area (Å²) < 4.78 is 13.5. The SMILES string of the molecule is CC(C)N1C(=O)/C(=C/c2ccc(C#N)cc2)N=C(c2ccc(F)cc2)c2ccccc21. The first kappa shape index (κ1) is 20.2. The smallest absolute Gasteiger partial charge is 0.277 e. The number of hydrogen-bond donors (Lipinski definition) is 0. The van der Waals surface area contributed by atoms with Crippen LogP contribution in [0.3, 0.4) is 0 Å². The molecular formula is C26H20FN3O. The van der Waals surface area contributed by atoms with Crippen LogP contribution in [-0.2, 0) is 4.79 Å². The molecule has 4 nitrogen and oxygen atoms in total. The Morgan fingerprint density at radius 3 is 2.32 bits per heavy atom. The van der Waals surface area contributed by atoms with Gasteiger partial charge in [0.05, 0.1) is 23.0 Å². The molecule has 0 aliphatic carbocycles. The minimum atomic E-state index is -0.334. The van der Waals surface area contributed by atoms with Gasteiger partial charge in [-0.3, -0.25) is 4.79 Å². The summed E-state index contributed by atoms with van der Waals surface area (Å²) in [5.74, 6) is -0.552. The van der Waals surface area contributed by atoms with E-state index in [4.69, 9.17) is 10.3 Å². The molecule has 0 radical (unpaired) electrons. The predicted molar refractivity (Wildman–Crippen MR) is 120 cm³/mol. The maximum atomic E-state index is 13.5. The molecule has 0 aromatic heterocycles. The Balaban J connectivity index is 1.95. The molecule has 0 saturated heterocycles. The van der Waals surface area contributed by atoms with Crippen LogP contribution in [0.4, 0.5) is 10.1 Å². The van der Waals surface area contributed by atoms with Crippen molar-refractivity contribution in [2.75, 3.05) is 4.90 Å². The third-order valence-corrected chi connectivity index (χ3v) is 5.07. The molecule has 0 saturated carbocycles. The zero-order chi connectivity index (χ0) is 22.0. The number of fused-ring (bicyclic) bond motifs is 1. The van der Waals surface area contributed by atoms with Gasteiger partial charge in [-0.05, 0) is 68.0 Å². The monoisotopic (exact) mass is 409 g/mol. The van der Waals surface area contributed by atoms with Gasteiger partial charge in [-0.15, -0.1) is 0 Å². The Bertz CT molecular complexity index is 1230. The molecule has 0 spiro atoms. The van der Waals surface area contributed by atoms with Crippen molar-refractivity contribution in [3.8, 4) is 6.07 Å². The average Bonchev–Trinajstić information content (AvgIpc) is 2.89. The number of carbonyl (C=O) groups is 1. The fourth-order valence-corrected chi connectivity index (χ4v) is 3.59. The van der Waals surface area contributed by atoms with E-state index in [0.717, 1.165) is 22.4 Å². The van der Waals surface area contributed by atoms with Gasteiger partial charge in [0.1, 0.15) is 11.5 Å². The molecule has 1 aliphatic heterocycles. The van der Waals surface area contributed by atoms with Crippen LogP contribution < -0.4 is 4.90 Å². The summed E-state index contributed by atoms with van der Waals surface area (Å²) in [6, 6.07) is 22.7. The van der Waals surface area contributed by atoms with Crippen molar-refractivity contribution in [3.05, 3.63) is 107 Å². The molecule has 4 rings (SSSR count). The zero-order valence-electron chi connectivity index (χ0n) is 17.2. The molecule has 0 unspecified atom stereocenters. The van der Waals surface area contributed by atoms with Crippen LogP contribution in [0.5, 0.6) is 0 Å². The fourth-order valence-electron chi connectivity index (χ4n) is 3.59. The number of anilines is 1. The van der Waals surface area contributed by atoms with Gasteiger partial charge in [0.2, 0.25) is 0 Å². The second-order valence-electron chi connectivity index (χ2n) is 7.52. The Morgan fingerprint density at radius 1 is 1.00 bits per heavy atom.